The van der Waals surface area contributed by atoms with Crippen molar-refractivity contribution in [2.75, 3.05) is 5.75 Å². The summed E-state index contributed by atoms with van der Waals surface area (Å²) in [6, 6.07) is 4.54. The van der Waals surface area contributed by atoms with Crippen molar-refractivity contribution < 1.29 is 24.4 Å². The average Bonchev–Trinajstić information content (AvgIpc) is 2.76. The van der Waals surface area contributed by atoms with Crippen LogP contribution in [0.4, 0.5) is 4.39 Å². The number of thioether (sulfide) groups is 1. The van der Waals surface area contributed by atoms with E-state index >= 15 is 0 Å². The van der Waals surface area contributed by atoms with Crippen molar-refractivity contribution in [2.45, 2.75) is 43.9 Å². The van der Waals surface area contributed by atoms with Crippen LogP contribution in [0.3, 0.4) is 0 Å². The maximum Gasteiger partial charge on any atom is 0.126 e. The third-order valence-corrected chi connectivity index (χ3v) is 5.88. The first-order chi connectivity index (χ1) is 13.4. The Kier molecular flexibility index (Phi) is 6.91. The van der Waals surface area contributed by atoms with Crippen molar-refractivity contribution in [1.82, 2.24) is 0 Å². The predicted octanol–water partition coefficient (Wildman–Crippen LogP) is 3.21. The van der Waals surface area contributed by atoms with Crippen LogP contribution in [0.2, 0.25) is 0 Å². The molecule has 1 aromatic carbocycles. The summed E-state index contributed by atoms with van der Waals surface area (Å²) in [5.74, 6) is 0.428. The molecule has 0 bridgehead atoms. The molecule has 1 saturated heterocycles. The minimum absolute atomic E-state index is 0.347. The first kappa shape index (κ1) is 21.0. The summed E-state index contributed by atoms with van der Waals surface area (Å²) < 4.78 is 20.2. The molecule has 4 nitrogen and oxygen atoms in total. The van der Waals surface area contributed by atoms with Gasteiger partial charge in [0.25, 0.3) is 0 Å². The van der Waals surface area contributed by atoms with Gasteiger partial charge in [0.1, 0.15) is 30.2 Å². The molecule has 0 amide bonds. The molecule has 0 aliphatic carbocycles. The monoisotopic (exact) mass is 404 g/mol. The number of aliphatic hydroxyl groups is 3. The third-order valence-electron chi connectivity index (χ3n) is 4.88. The molecule has 0 radical (unpaired) electrons. The standard InChI is InChI=1S/C22H25FO4S/c1-13-6-4-3-5-9-28-17(10-13)12-16-11-15(7-8-18(16)23)22-21(26)20(25)19(24)14(2)27-22/h3-8,10-11,14,19-22,24-26H,1,9,12H2,2H3/b5-3-,6-4-,17-10-. The summed E-state index contributed by atoms with van der Waals surface area (Å²) in [6.07, 6.45) is 4.86. The van der Waals surface area contributed by atoms with Crippen LogP contribution in [0.15, 0.2) is 65.6 Å². The minimum atomic E-state index is -1.32. The van der Waals surface area contributed by atoms with Gasteiger partial charge < -0.3 is 20.1 Å². The van der Waals surface area contributed by atoms with Crippen LogP contribution in [-0.4, -0.2) is 45.5 Å². The first-order valence-corrected chi connectivity index (χ1v) is 10.2. The van der Waals surface area contributed by atoms with Gasteiger partial charge in [-0.05, 0) is 46.7 Å². The summed E-state index contributed by atoms with van der Waals surface area (Å²) in [4.78, 5) is 0.978. The lowest BCUT2D eigenvalue weighted by atomic mass is 9.90. The van der Waals surface area contributed by atoms with E-state index in [9.17, 15) is 19.7 Å². The number of hydrogen-bond acceptors (Lipinski definition) is 5. The van der Waals surface area contributed by atoms with E-state index in [1.54, 1.807) is 30.8 Å². The number of halogens is 1. The molecular weight excluding hydrogens is 379 g/mol. The van der Waals surface area contributed by atoms with E-state index in [1.165, 1.54) is 6.07 Å². The van der Waals surface area contributed by atoms with Gasteiger partial charge in [-0.25, -0.2) is 4.39 Å². The predicted molar refractivity (Wildman–Crippen MR) is 109 cm³/mol. The highest BCUT2D eigenvalue weighted by Crippen LogP contribution is 2.34. The molecule has 1 fully saturated rings. The maximum atomic E-state index is 14.5. The molecule has 2 aliphatic rings. The van der Waals surface area contributed by atoms with Crippen molar-refractivity contribution in [3.63, 3.8) is 0 Å². The van der Waals surface area contributed by atoms with Gasteiger partial charge in [0.05, 0.1) is 6.10 Å². The van der Waals surface area contributed by atoms with Crippen LogP contribution < -0.4 is 0 Å². The fourth-order valence-corrected chi connectivity index (χ4v) is 4.20. The molecule has 2 aliphatic heterocycles. The Hall–Kier alpha value is -1.70. The molecule has 1 aromatic rings. The molecule has 28 heavy (non-hydrogen) atoms. The van der Waals surface area contributed by atoms with Crippen LogP contribution >= 0.6 is 11.8 Å². The van der Waals surface area contributed by atoms with Crippen LogP contribution in [0.1, 0.15) is 24.2 Å². The number of allylic oxidation sites excluding steroid dienone is 6. The number of ether oxygens (including phenoxy) is 1. The second-order valence-electron chi connectivity index (χ2n) is 7.05. The van der Waals surface area contributed by atoms with Crippen LogP contribution in [0.5, 0.6) is 0 Å². The Morgan fingerprint density at radius 1 is 1.18 bits per heavy atom. The van der Waals surface area contributed by atoms with Gasteiger partial charge in [-0.15, -0.1) is 11.8 Å². The molecule has 6 heteroatoms. The van der Waals surface area contributed by atoms with E-state index in [4.69, 9.17) is 4.74 Å². The summed E-state index contributed by atoms with van der Waals surface area (Å²) in [5, 5.41) is 30.3. The largest absolute Gasteiger partial charge is 0.388 e. The lowest BCUT2D eigenvalue weighted by molar-refractivity contribution is -0.219. The maximum absolute atomic E-state index is 14.5. The summed E-state index contributed by atoms with van der Waals surface area (Å²) >= 11 is 1.61. The highest BCUT2D eigenvalue weighted by Gasteiger charge is 2.42. The fourth-order valence-electron chi connectivity index (χ4n) is 3.29. The third kappa shape index (κ3) is 4.82. The SMILES string of the molecule is C=C1/C=C\C=C/CS/C(Cc2cc(C3OC(C)C(O)C(O)C3O)ccc2F)=C\1. The van der Waals surface area contributed by atoms with E-state index in [2.05, 4.69) is 6.58 Å². The van der Waals surface area contributed by atoms with Gasteiger partial charge in [0.15, 0.2) is 0 Å². The van der Waals surface area contributed by atoms with Gasteiger partial charge in [-0.1, -0.05) is 36.9 Å². The first-order valence-electron chi connectivity index (χ1n) is 9.20. The van der Waals surface area contributed by atoms with Gasteiger partial charge in [-0.3, -0.25) is 0 Å². The zero-order valence-electron chi connectivity index (χ0n) is 15.7. The topological polar surface area (TPSA) is 69.9 Å². The van der Waals surface area contributed by atoms with Crippen molar-refractivity contribution in [1.29, 1.82) is 0 Å². The van der Waals surface area contributed by atoms with E-state index < -0.39 is 30.5 Å². The van der Waals surface area contributed by atoms with E-state index in [0.717, 1.165) is 16.2 Å². The molecule has 0 spiro atoms. The molecule has 5 atom stereocenters. The number of benzene rings is 1. The molecule has 0 aromatic heterocycles. The summed E-state index contributed by atoms with van der Waals surface area (Å²) in [7, 11) is 0. The lowest BCUT2D eigenvalue weighted by Crippen LogP contribution is -2.53. The zero-order valence-corrected chi connectivity index (χ0v) is 16.5. The molecule has 3 rings (SSSR count). The Morgan fingerprint density at radius 2 is 1.96 bits per heavy atom. The van der Waals surface area contributed by atoms with Crippen molar-refractivity contribution in [3.05, 3.63) is 82.6 Å². The molecule has 150 valence electrons. The highest BCUT2D eigenvalue weighted by atomic mass is 32.2. The van der Waals surface area contributed by atoms with Gasteiger partial charge >= 0.3 is 0 Å². The Bertz CT molecular complexity index is 817. The zero-order chi connectivity index (χ0) is 20.3. The Morgan fingerprint density at radius 3 is 2.75 bits per heavy atom. The summed E-state index contributed by atoms with van der Waals surface area (Å²) in [6.45, 7) is 5.62. The van der Waals surface area contributed by atoms with Crippen LogP contribution in [0, 0.1) is 5.82 Å². The van der Waals surface area contributed by atoms with Crippen molar-refractivity contribution >= 4 is 11.8 Å². The number of aliphatic hydroxyl groups excluding tert-OH is 3. The smallest absolute Gasteiger partial charge is 0.126 e. The average molecular weight is 405 g/mol. The van der Waals surface area contributed by atoms with E-state index in [-0.39, 0.29) is 5.82 Å². The summed E-state index contributed by atoms with van der Waals surface area (Å²) in [5.41, 5.74) is 1.87. The molecule has 0 saturated carbocycles. The normalized spacial score (nSPS) is 35.2. The van der Waals surface area contributed by atoms with Gasteiger partial charge in [-0.2, -0.15) is 0 Å². The van der Waals surface area contributed by atoms with Gasteiger partial charge in [0.2, 0.25) is 0 Å². The Balaban J connectivity index is 1.85. The molecular formula is C22H25FO4S. The van der Waals surface area contributed by atoms with E-state index in [0.29, 0.717) is 17.5 Å². The number of rotatable bonds is 3. The minimum Gasteiger partial charge on any atom is -0.388 e. The quantitative estimate of drug-likeness (QED) is 0.722. The number of hydrogen-bond donors (Lipinski definition) is 3. The van der Waals surface area contributed by atoms with Gasteiger partial charge in [0, 0.05) is 12.2 Å². The molecule has 5 unspecified atom stereocenters. The second kappa shape index (κ2) is 9.20. The lowest BCUT2D eigenvalue weighted by Gasteiger charge is -2.39. The highest BCUT2D eigenvalue weighted by molar-refractivity contribution is 8.03. The Labute approximate surface area is 168 Å². The molecule has 3 N–H and O–H groups in total. The van der Waals surface area contributed by atoms with Crippen LogP contribution in [-0.2, 0) is 11.2 Å². The van der Waals surface area contributed by atoms with E-state index in [1.807, 2.05) is 30.4 Å². The molecule has 2 heterocycles. The fraction of sp³-hybridized carbons (Fsp3) is 0.364. The van der Waals surface area contributed by atoms with Crippen LogP contribution in [0.25, 0.3) is 0 Å². The van der Waals surface area contributed by atoms with Crippen molar-refractivity contribution in [2.24, 2.45) is 0 Å². The van der Waals surface area contributed by atoms with Crippen molar-refractivity contribution in [3.8, 4) is 0 Å². The second-order valence-corrected chi connectivity index (χ2v) is 8.19.